The molecule has 1 atom stereocenters. The summed E-state index contributed by atoms with van der Waals surface area (Å²) in [6, 6.07) is 12.3. The van der Waals surface area contributed by atoms with Crippen LogP contribution in [-0.2, 0) is 18.3 Å². The Hall–Kier alpha value is -2.11. The van der Waals surface area contributed by atoms with Gasteiger partial charge in [-0.25, -0.2) is 0 Å². The van der Waals surface area contributed by atoms with E-state index in [1.54, 1.807) is 7.05 Å². The summed E-state index contributed by atoms with van der Waals surface area (Å²) >= 11 is 0. The Balaban J connectivity index is 1.80. The van der Waals surface area contributed by atoms with Gasteiger partial charge in [0.05, 0.1) is 19.3 Å². The van der Waals surface area contributed by atoms with E-state index in [-0.39, 0.29) is 11.9 Å². The van der Waals surface area contributed by atoms with Gasteiger partial charge in [0.25, 0.3) is 5.91 Å². The summed E-state index contributed by atoms with van der Waals surface area (Å²) in [4.78, 5) is 14.2. The fourth-order valence-corrected chi connectivity index (χ4v) is 3.11. The third-order valence-corrected chi connectivity index (χ3v) is 4.37. The largest absolute Gasteiger partial charge is 0.378 e. The third-order valence-electron chi connectivity index (χ3n) is 4.37. The van der Waals surface area contributed by atoms with E-state index in [1.165, 1.54) is 5.69 Å². The number of nitrogens with one attached hydrogen (secondary N) is 1. The summed E-state index contributed by atoms with van der Waals surface area (Å²) in [5.74, 6) is -0.0483. The van der Waals surface area contributed by atoms with Crippen LogP contribution in [0.3, 0.4) is 0 Å². The second-order valence-corrected chi connectivity index (χ2v) is 5.88. The fraction of sp³-hybridized carbons (Fsp3) is 0.389. The zero-order chi connectivity index (χ0) is 16.2. The van der Waals surface area contributed by atoms with Gasteiger partial charge in [-0.1, -0.05) is 12.1 Å². The number of benzene rings is 1. The Labute approximate surface area is 136 Å². The van der Waals surface area contributed by atoms with Crippen molar-refractivity contribution in [2.75, 3.05) is 26.8 Å². The molecule has 0 aliphatic carbocycles. The maximum Gasteiger partial charge on any atom is 0.251 e. The van der Waals surface area contributed by atoms with E-state index in [2.05, 4.69) is 46.2 Å². The van der Waals surface area contributed by atoms with Crippen LogP contribution in [0.2, 0.25) is 0 Å². The number of carbonyl (C=O) groups excluding carboxylic acids is 1. The minimum atomic E-state index is -0.0483. The number of hydrogen-bond donors (Lipinski definition) is 1. The van der Waals surface area contributed by atoms with Gasteiger partial charge in [0.2, 0.25) is 0 Å². The van der Waals surface area contributed by atoms with Gasteiger partial charge in [0.15, 0.2) is 0 Å². The Morgan fingerprint density at radius 1 is 1.35 bits per heavy atom. The van der Waals surface area contributed by atoms with Crippen molar-refractivity contribution < 1.29 is 9.53 Å². The van der Waals surface area contributed by atoms with Gasteiger partial charge in [0, 0.05) is 44.6 Å². The Kier molecular flexibility index (Phi) is 4.79. The first kappa shape index (κ1) is 15.8. The van der Waals surface area contributed by atoms with E-state index < -0.39 is 0 Å². The average Bonchev–Trinajstić information content (AvgIpc) is 3.01. The summed E-state index contributed by atoms with van der Waals surface area (Å²) in [5.41, 5.74) is 3.10. The third kappa shape index (κ3) is 3.46. The van der Waals surface area contributed by atoms with Gasteiger partial charge < -0.3 is 14.6 Å². The van der Waals surface area contributed by atoms with Crippen LogP contribution < -0.4 is 5.32 Å². The first-order chi connectivity index (χ1) is 11.2. The van der Waals surface area contributed by atoms with Crippen LogP contribution in [-0.4, -0.2) is 42.2 Å². The summed E-state index contributed by atoms with van der Waals surface area (Å²) in [5, 5.41) is 2.67. The SMILES string of the molecule is CNC(=O)c1cccc(CN2CCOC[C@@H]2c2cccn2C)c1. The zero-order valence-electron chi connectivity index (χ0n) is 13.7. The van der Waals surface area contributed by atoms with E-state index in [1.807, 2.05) is 18.2 Å². The predicted octanol–water partition coefficient (Wildman–Crippen LogP) is 1.96. The maximum absolute atomic E-state index is 11.8. The van der Waals surface area contributed by atoms with E-state index in [9.17, 15) is 4.79 Å². The van der Waals surface area contributed by atoms with Gasteiger partial charge >= 0.3 is 0 Å². The number of aromatic nitrogens is 1. The van der Waals surface area contributed by atoms with Gasteiger partial charge in [0.1, 0.15) is 0 Å². The number of morpholine rings is 1. The van der Waals surface area contributed by atoms with E-state index in [0.717, 1.165) is 25.3 Å². The van der Waals surface area contributed by atoms with Crippen molar-refractivity contribution in [2.24, 2.45) is 7.05 Å². The lowest BCUT2D eigenvalue weighted by atomic mass is 10.1. The molecule has 1 aliphatic rings. The molecule has 1 aromatic heterocycles. The van der Waals surface area contributed by atoms with Gasteiger partial charge in [-0.05, 0) is 29.8 Å². The number of nitrogens with zero attached hydrogens (tertiary/aromatic N) is 2. The van der Waals surface area contributed by atoms with Crippen LogP contribution in [0.1, 0.15) is 27.7 Å². The lowest BCUT2D eigenvalue weighted by Gasteiger charge is -2.36. The van der Waals surface area contributed by atoms with Crippen LogP contribution in [0.15, 0.2) is 42.6 Å². The van der Waals surface area contributed by atoms with Crippen LogP contribution in [0, 0.1) is 0 Å². The topological polar surface area (TPSA) is 46.5 Å². The molecule has 0 spiro atoms. The molecule has 2 heterocycles. The van der Waals surface area contributed by atoms with Crippen molar-refractivity contribution in [1.82, 2.24) is 14.8 Å². The molecule has 2 aromatic rings. The smallest absolute Gasteiger partial charge is 0.251 e. The molecule has 1 aliphatic heterocycles. The summed E-state index contributed by atoms with van der Waals surface area (Å²) in [6.07, 6.45) is 2.06. The first-order valence-electron chi connectivity index (χ1n) is 7.93. The van der Waals surface area contributed by atoms with Gasteiger partial charge in [-0.15, -0.1) is 0 Å². The number of hydrogen-bond acceptors (Lipinski definition) is 3. The average molecular weight is 313 g/mol. The second kappa shape index (κ2) is 6.98. The lowest BCUT2D eigenvalue weighted by Crippen LogP contribution is -2.39. The number of carbonyl (C=O) groups is 1. The number of aryl methyl sites for hydroxylation is 1. The van der Waals surface area contributed by atoms with Crippen molar-refractivity contribution in [3.63, 3.8) is 0 Å². The quantitative estimate of drug-likeness (QED) is 0.938. The standard InChI is InChI=1S/C18H23N3O2/c1-19-18(22)15-6-3-5-14(11-15)12-21-9-10-23-13-17(21)16-7-4-8-20(16)2/h3-8,11,17H,9-10,12-13H2,1-2H3,(H,19,22)/t17-/m1/s1. The molecule has 0 unspecified atom stereocenters. The second-order valence-electron chi connectivity index (χ2n) is 5.88. The molecule has 0 bridgehead atoms. The monoisotopic (exact) mass is 313 g/mol. The zero-order valence-corrected chi connectivity index (χ0v) is 13.7. The molecule has 0 saturated carbocycles. The Morgan fingerprint density at radius 3 is 2.96 bits per heavy atom. The number of rotatable bonds is 4. The molecule has 1 N–H and O–H groups in total. The normalized spacial score (nSPS) is 18.8. The Bertz CT molecular complexity index is 680. The van der Waals surface area contributed by atoms with Crippen LogP contribution in [0.5, 0.6) is 0 Å². The Morgan fingerprint density at radius 2 is 2.22 bits per heavy atom. The molecule has 122 valence electrons. The highest BCUT2D eigenvalue weighted by Gasteiger charge is 2.26. The summed E-state index contributed by atoms with van der Waals surface area (Å²) < 4.78 is 7.84. The highest BCUT2D eigenvalue weighted by atomic mass is 16.5. The molecular formula is C18H23N3O2. The molecule has 1 fully saturated rings. The highest BCUT2D eigenvalue weighted by Crippen LogP contribution is 2.26. The highest BCUT2D eigenvalue weighted by molar-refractivity contribution is 5.94. The predicted molar refractivity (Wildman–Crippen MR) is 89.2 cm³/mol. The fourth-order valence-electron chi connectivity index (χ4n) is 3.11. The molecule has 5 nitrogen and oxygen atoms in total. The minimum absolute atomic E-state index is 0.0483. The maximum atomic E-state index is 11.8. The molecule has 0 radical (unpaired) electrons. The molecule has 1 aromatic carbocycles. The van der Waals surface area contributed by atoms with Crippen molar-refractivity contribution in [2.45, 2.75) is 12.6 Å². The molecule has 3 rings (SSSR count). The summed E-state index contributed by atoms with van der Waals surface area (Å²) in [6.45, 7) is 3.15. The first-order valence-corrected chi connectivity index (χ1v) is 7.93. The summed E-state index contributed by atoms with van der Waals surface area (Å²) in [7, 11) is 3.72. The number of ether oxygens (including phenoxy) is 1. The van der Waals surface area contributed by atoms with Crippen LogP contribution in [0.4, 0.5) is 0 Å². The number of amides is 1. The minimum Gasteiger partial charge on any atom is -0.378 e. The van der Waals surface area contributed by atoms with Crippen molar-refractivity contribution in [1.29, 1.82) is 0 Å². The van der Waals surface area contributed by atoms with Crippen molar-refractivity contribution in [3.8, 4) is 0 Å². The van der Waals surface area contributed by atoms with E-state index in [4.69, 9.17) is 4.74 Å². The molecular weight excluding hydrogens is 290 g/mol. The molecule has 23 heavy (non-hydrogen) atoms. The van der Waals surface area contributed by atoms with E-state index in [0.29, 0.717) is 12.2 Å². The lowest BCUT2D eigenvalue weighted by molar-refractivity contribution is -0.0152. The molecule has 1 amide bonds. The van der Waals surface area contributed by atoms with E-state index >= 15 is 0 Å². The van der Waals surface area contributed by atoms with Crippen LogP contribution in [0.25, 0.3) is 0 Å². The molecule has 1 saturated heterocycles. The van der Waals surface area contributed by atoms with Crippen molar-refractivity contribution in [3.05, 3.63) is 59.4 Å². The van der Waals surface area contributed by atoms with Gasteiger partial charge in [-0.3, -0.25) is 9.69 Å². The van der Waals surface area contributed by atoms with Crippen LogP contribution >= 0.6 is 0 Å². The molecule has 5 heteroatoms. The van der Waals surface area contributed by atoms with Gasteiger partial charge in [-0.2, -0.15) is 0 Å². The van der Waals surface area contributed by atoms with Crippen molar-refractivity contribution >= 4 is 5.91 Å².